The van der Waals surface area contributed by atoms with E-state index in [1.54, 1.807) is 23.1 Å². The fraction of sp³-hybridized carbons (Fsp3) is 0.263. The number of rotatable bonds is 4. The predicted octanol–water partition coefficient (Wildman–Crippen LogP) is 5.97. The summed E-state index contributed by atoms with van der Waals surface area (Å²) in [6.45, 7) is 6.03. The molecule has 0 saturated carbocycles. The van der Waals surface area contributed by atoms with Crippen LogP contribution in [0.4, 0.5) is 11.4 Å². The van der Waals surface area contributed by atoms with E-state index in [4.69, 9.17) is 4.74 Å². The zero-order valence-corrected chi connectivity index (χ0v) is 25.3. The summed E-state index contributed by atoms with van der Waals surface area (Å²) in [4.78, 5) is 57.3. The summed E-state index contributed by atoms with van der Waals surface area (Å²) in [5.41, 5.74) is 8.58. The molecule has 2 aliphatic heterocycles. The SMILES string of the molecule is Cc1ccc(N2C[C@H](C(=O)Oc3ccc(N4C(=O)[C@@H]5C6c7ccccc7C(c7ccccc76)[C@H]5C4=O)c(C)c3)CC2=O)c(C)c1. The number of hydrogen-bond acceptors (Lipinski definition) is 5. The van der Waals surface area contributed by atoms with Crippen molar-refractivity contribution in [2.24, 2.45) is 17.8 Å². The zero-order chi connectivity index (χ0) is 31.1. The Kier molecular flexibility index (Phi) is 6.11. The number of imide groups is 1. The van der Waals surface area contributed by atoms with Crippen LogP contribution in [-0.2, 0) is 19.2 Å². The minimum atomic E-state index is -0.596. The lowest BCUT2D eigenvalue weighted by atomic mass is 9.55. The Hall–Kier alpha value is -5.04. The third-order valence-corrected chi connectivity index (χ3v) is 10.2. The second-order valence-corrected chi connectivity index (χ2v) is 12.8. The molecule has 3 atom stereocenters. The lowest BCUT2D eigenvalue weighted by molar-refractivity contribution is -0.139. The van der Waals surface area contributed by atoms with Crippen LogP contribution in [0.2, 0.25) is 0 Å². The van der Waals surface area contributed by atoms with E-state index in [1.807, 2.05) is 63.2 Å². The number of nitrogens with zero attached hydrogens (tertiary/aromatic N) is 2. The number of aryl methyl sites for hydroxylation is 3. The number of carbonyl (C=O) groups is 4. The van der Waals surface area contributed by atoms with Crippen LogP contribution in [0, 0.1) is 38.5 Å². The Morgan fingerprint density at radius 1 is 0.689 bits per heavy atom. The first-order valence-electron chi connectivity index (χ1n) is 15.5. The molecular formula is C38H32N2O5. The number of esters is 1. The molecular weight excluding hydrogens is 564 g/mol. The second kappa shape index (κ2) is 9.99. The third-order valence-electron chi connectivity index (χ3n) is 10.2. The van der Waals surface area contributed by atoms with Gasteiger partial charge in [0.15, 0.2) is 0 Å². The summed E-state index contributed by atoms with van der Waals surface area (Å²) in [6.07, 6.45) is 0.0793. The molecule has 3 amide bonds. The fourth-order valence-corrected chi connectivity index (χ4v) is 8.26. The zero-order valence-electron chi connectivity index (χ0n) is 25.3. The minimum absolute atomic E-state index is 0.0793. The monoisotopic (exact) mass is 596 g/mol. The van der Waals surface area contributed by atoms with E-state index in [1.165, 1.54) is 4.90 Å². The van der Waals surface area contributed by atoms with Gasteiger partial charge in [-0.15, -0.1) is 0 Å². The Balaban J connectivity index is 1.04. The number of carbonyl (C=O) groups excluding carboxylic acids is 4. The lowest BCUT2D eigenvalue weighted by Crippen LogP contribution is -2.41. The van der Waals surface area contributed by atoms with Crippen LogP contribution >= 0.6 is 0 Å². The molecule has 2 saturated heterocycles. The maximum absolute atomic E-state index is 14.2. The van der Waals surface area contributed by atoms with Crippen LogP contribution in [0.1, 0.15) is 57.2 Å². The highest BCUT2D eigenvalue weighted by Crippen LogP contribution is 2.61. The van der Waals surface area contributed by atoms with Crippen LogP contribution in [0.25, 0.3) is 0 Å². The number of anilines is 2. The van der Waals surface area contributed by atoms with E-state index in [0.29, 0.717) is 17.0 Å². The summed E-state index contributed by atoms with van der Waals surface area (Å²) in [5.74, 6) is -2.53. The van der Waals surface area contributed by atoms with Gasteiger partial charge in [-0.2, -0.15) is 0 Å². The van der Waals surface area contributed by atoms with E-state index >= 15 is 0 Å². The molecule has 2 heterocycles. The van der Waals surface area contributed by atoms with Crippen LogP contribution in [-0.4, -0.2) is 30.2 Å². The lowest BCUT2D eigenvalue weighted by Gasteiger charge is -2.45. The first-order chi connectivity index (χ1) is 21.7. The van der Waals surface area contributed by atoms with Gasteiger partial charge in [0.1, 0.15) is 5.75 Å². The fourth-order valence-electron chi connectivity index (χ4n) is 8.26. The predicted molar refractivity (Wildman–Crippen MR) is 169 cm³/mol. The topological polar surface area (TPSA) is 84.0 Å². The van der Waals surface area contributed by atoms with Gasteiger partial charge in [-0.25, -0.2) is 4.90 Å². The van der Waals surface area contributed by atoms with Gasteiger partial charge in [0, 0.05) is 30.5 Å². The molecule has 0 N–H and O–H groups in total. The number of ether oxygens (including phenoxy) is 1. The highest BCUT2D eigenvalue weighted by atomic mass is 16.5. The summed E-state index contributed by atoms with van der Waals surface area (Å²) in [7, 11) is 0. The van der Waals surface area contributed by atoms with Crippen molar-refractivity contribution in [2.75, 3.05) is 16.3 Å². The molecule has 9 rings (SSSR count). The Morgan fingerprint density at radius 2 is 1.22 bits per heavy atom. The van der Waals surface area contributed by atoms with Crippen LogP contribution in [0.3, 0.4) is 0 Å². The van der Waals surface area contributed by atoms with Gasteiger partial charge in [0.25, 0.3) is 0 Å². The van der Waals surface area contributed by atoms with E-state index in [9.17, 15) is 19.2 Å². The van der Waals surface area contributed by atoms with Gasteiger partial charge >= 0.3 is 5.97 Å². The van der Waals surface area contributed by atoms with E-state index < -0.39 is 23.7 Å². The van der Waals surface area contributed by atoms with Gasteiger partial charge in [0.2, 0.25) is 17.7 Å². The van der Waals surface area contributed by atoms with E-state index in [2.05, 4.69) is 24.3 Å². The van der Waals surface area contributed by atoms with Crippen molar-refractivity contribution in [1.82, 2.24) is 0 Å². The van der Waals surface area contributed by atoms with Crippen molar-refractivity contribution in [1.29, 1.82) is 0 Å². The molecule has 45 heavy (non-hydrogen) atoms. The van der Waals surface area contributed by atoms with Crippen molar-refractivity contribution in [3.8, 4) is 5.75 Å². The molecule has 2 fully saturated rings. The number of benzene rings is 4. The van der Waals surface area contributed by atoms with Crippen molar-refractivity contribution in [3.05, 3.63) is 124 Å². The largest absolute Gasteiger partial charge is 0.426 e. The smallest absolute Gasteiger partial charge is 0.316 e. The maximum Gasteiger partial charge on any atom is 0.316 e. The Bertz CT molecular complexity index is 1850. The molecule has 4 aromatic carbocycles. The molecule has 0 aromatic heterocycles. The standard InChI is InChI=1S/C38H32N2O5/c1-20-12-14-29(21(2)16-20)39-19-23(18-31(39)41)38(44)45-24-13-15-30(22(3)17-24)40-36(42)34-32-25-8-4-5-9-26(25)33(35(34)37(40)43)28-11-7-6-10-27(28)32/h4-17,23,32-35H,18-19H2,1-3H3/t23-,32?,33?,34-,35-/m1/s1. The second-order valence-electron chi connectivity index (χ2n) is 12.8. The molecule has 224 valence electrons. The first-order valence-corrected chi connectivity index (χ1v) is 15.5. The molecule has 5 aliphatic rings. The van der Waals surface area contributed by atoms with Crippen LogP contribution in [0.5, 0.6) is 5.75 Å². The first kappa shape index (κ1) is 27.5. The average molecular weight is 597 g/mol. The van der Waals surface area contributed by atoms with Crippen molar-refractivity contribution < 1.29 is 23.9 Å². The molecule has 7 heteroatoms. The van der Waals surface area contributed by atoms with Crippen molar-refractivity contribution in [2.45, 2.75) is 39.0 Å². The minimum Gasteiger partial charge on any atom is -0.426 e. The molecule has 7 nitrogen and oxygen atoms in total. The molecule has 0 spiro atoms. The molecule has 4 aromatic rings. The highest BCUT2D eigenvalue weighted by molar-refractivity contribution is 6.23. The van der Waals surface area contributed by atoms with Gasteiger partial charge in [-0.3, -0.25) is 19.2 Å². The molecule has 0 unspecified atom stereocenters. The quantitative estimate of drug-likeness (QED) is 0.165. The van der Waals surface area contributed by atoms with Crippen LogP contribution < -0.4 is 14.5 Å². The summed E-state index contributed by atoms with van der Waals surface area (Å²) < 4.78 is 5.75. The van der Waals surface area contributed by atoms with Gasteiger partial charge in [0.05, 0.1) is 23.4 Å². The van der Waals surface area contributed by atoms with Gasteiger partial charge in [-0.1, -0.05) is 66.2 Å². The Morgan fingerprint density at radius 3 is 1.76 bits per heavy atom. The third kappa shape index (κ3) is 4.03. The molecule has 2 bridgehead atoms. The van der Waals surface area contributed by atoms with E-state index in [0.717, 1.165) is 39.1 Å². The highest BCUT2D eigenvalue weighted by Gasteiger charge is 2.61. The number of amides is 3. The molecule has 3 aliphatic carbocycles. The average Bonchev–Trinajstić information content (AvgIpc) is 3.54. The maximum atomic E-state index is 14.2. The van der Waals surface area contributed by atoms with E-state index in [-0.39, 0.29) is 42.5 Å². The van der Waals surface area contributed by atoms with Gasteiger partial charge in [-0.05, 0) is 78.4 Å². The summed E-state index contributed by atoms with van der Waals surface area (Å²) in [5, 5.41) is 0. The van der Waals surface area contributed by atoms with Gasteiger partial charge < -0.3 is 9.64 Å². The summed E-state index contributed by atoms with van der Waals surface area (Å²) in [6, 6.07) is 27.3. The normalized spacial score (nSPS) is 24.5. The summed E-state index contributed by atoms with van der Waals surface area (Å²) >= 11 is 0. The van der Waals surface area contributed by atoms with Crippen LogP contribution in [0.15, 0.2) is 84.9 Å². The van der Waals surface area contributed by atoms with Crippen molar-refractivity contribution >= 4 is 35.1 Å². The number of hydrogen-bond donors (Lipinski definition) is 0. The van der Waals surface area contributed by atoms with Crippen molar-refractivity contribution in [3.63, 3.8) is 0 Å². The molecule has 0 radical (unpaired) electrons. The Labute approximate surface area is 261 Å².